The molecule has 0 unspecified atom stereocenters. The number of ether oxygens (including phenoxy) is 1. The summed E-state index contributed by atoms with van der Waals surface area (Å²) in [5.74, 6) is 1.60. The second kappa shape index (κ2) is 15.2. The molecule has 4 aromatic heterocycles. The Bertz CT molecular complexity index is 2700. The summed E-state index contributed by atoms with van der Waals surface area (Å²) in [6, 6.07) is 40.3. The minimum absolute atomic E-state index is 0. The van der Waals surface area contributed by atoms with Gasteiger partial charge in [-0.05, 0) is 90.7 Å². The Morgan fingerprint density at radius 3 is 2.31 bits per heavy atom. The maximum atomic E-state index is 6.42. The SMILES string of the molecule is CCCC(CCC)[C@@H]1COC(c2[c-]c(-n3c4[c-]c(-n5c6ccc(C(C)C)cc6c6cccnc65)ccc4c4cc(C)ccc43)cc(-c3ccccn3)c2)=N1.[Pt+2]. The standard InChI is InChI=1S/C48H45N5O.Pt/c1-6-11-32(12-7-2)43-29-54-48(51-43)35-24-34(42-14-8-9-21-49-42)25-37(26-35)52-44-19-15-31(5)23-40(44)38-18-17-36(28-46(38)52)53-45-20-16-33(30(3)4)27-41(45)39-13-10-22-50-47(39)53;/h8-10,13-25,27,30,32,43H,6-7,11-12,29H2,1-5H3;/q-2;+2/t43-;/m0./s1. The largest absolute Gasteiger partial charge is 2.00 e. The van der Waals surface area contributed by atoms with Crippen molar-refractivity contribution in [2.45, 2.75) is 72.3 Å². The van der Waals surface area contributed by atoms with Gasteiger partial charge in [-0.15, -0.1) is 35.7 Å². The molecule has 5 heterocycles. The Morgan fingerprint density at radius 2 is 1.53 bits per heavy atom. The van der Waals surface area contributed by atoms with E-state index in [-0.39, 0.29) is 27.1 Å². The normalized spacial score (nSPS) is 14.4. The Labute approximate surface area is 337 Å². The average Bonchev–Trinajstić information content (AvgIpc) is 3.90. The summed E-state index contributed by atoms with van der Waals surface area (Å²) in [5, 5.41) is 4.63. The van der Waals surface area contributed by atoms with Gasteiger partial charge in [-0.2, -0.15) is 6.07 Å². The zero-order chi connectivity index (χ0) is 36.9. The Balaban J connectivity index is 0.00000427. The van der Waals surface area contributed by atoms with Crippen LogP contribution >= 0.6 is 0 Å². The third-order valence-corrected chi connectivity index (χ3v) is 11.1. The average molecular weight is 903 g/mol. The van der Waals surface area contributed by atoms with Gasteiger partial charge in [0.1, 0.15) is 11.5 Å². The molecule has 7 heteroatoms. The van der Waals surface area contributed by atoms with Crippen LogP contribution in [0.25, 0.3) is 66.4 Å². The van der Waals surface area contributed by atoms with Crippen LogP contribution in [0.1, 0.15) is 76.0 Å². The van der Waals surface area contributed by atoms with Gasteiger partial charge < -0.3 is 13.9 Å². The van der Waals surface area contributed by atoms with Crippen LogP contribution in [0.5, 0.6) is 0 Å². The molecular formula is C48H45N5OPt. The fourth-order valence-corrected chi connectivity index (χ4v) is 8.41. The molecule has 0 spiro atoms. The Hall–Kier alpha value is -5.06. The summed E-state index contributed by atoms with van der Waals surface area (Å²) in [4.78, 5) is 14.9. The number of nitrogens with zero attached hydrogens (tertiary/aromatic N) is 5. The molecule has 0 fully saturated rings. The fraction of sp³-hybridized carbons (Fsp3) is 0.271. The first kappa shape index (κ1) is 36.9. The van der Waals surface area contributed by atoms with Gasteiger partial charge in [0.05, 0.1) is 23.9 Å². The van der Waals surface area contributed by atoms with E-state index in [9.17, 15) is 0 Å². The van der Waals surface area contributed by atoms with Gasteiger partial charge in [0, 0.05) is 28.7 Å². The van der Waals surface area contributed by atoms with Crippen LogP contribution in [0, 0.1) is 25.0 Å². The van der Waals surface area contributed by atoms with Crippen LogP contribution in [0.4, 0.5) is 0 Å². The van der Waals surface area contributed by atoms with Crippen LogP contribution in [0.15, 0.2) is 108 Å². The van der Waals surface area contributed by atoms with E-state index in [0.29, 0.717) is 24.3 Å². The summed E-state index contributed by atoms with van der Waals surface area (Å²) < 4.78 is 11.0. The first-order chi connectivity index (χ1) is 26.4. The first-order valence-corrected chi connectivity index (χ1v) is 19.5. The molecule has 0 saturated carbocycles. The molecule has 4 aromatic carbocycles. The topological polar surface area (TPSA) is 57.2 Å². The monoisotopic (exact) mass is 902 g/mol. The van der Waals surface area contributed by atoms with Gasteiger partial charge >= 0.3 is 21.1 Å². The van der Waals surface area contributed by atoms with Crippen molar-refractivity contribution in [1.29, 1.82) is 0 Å². The number of fused-ring (bicyclic) bond motifs is 6. The zero-order valence-corrected chi connectivity index (χ0v) is 34.3. The molecule has 0 saturated heterocycles. The molecule has 0 aliphatic carbocycles. The van der Waals surface area contributed by atoms with Gasteiger partial charge in [-0.3, -0.25) is 9.98 Å². The number of rotatable bonds is 10. The van der Waals surface area contributed by atoms with Crippen LogP contribution in [-0.4, -0.2) is 37.6 Å². The smallest absolute Gasteiger partial charge is 0.518 e. The van der Waals surface area contributed by atoms with E-state index in [1.807, 2.05) is 30.6 Å². The van der Waals surface area contributed by atoms with Gasteiger partial charge in [0.2, 0.25) is 0 Å². The summed E-state index contributed by atoms with van der Waals surface area (Å²) in [5.41, 5.74) is 11.1. The summed E-state index contributed by atoms with van der Waals surface area (Å²) in [6.45, 7) is 11.8. The zero-order valence-electron chi connectivity index (χ0n) is 32.0. The third-order valence-electron chi connectivity index (χ3n) is 11.1. The maximum absolute atomic E-state index is 6.42. The molecule has 0 N–H and O–H groups in total. The molecule has 1 aliphatic heterocycles. The maximum Gasteiger partial charge on any atom is 2.00 e. The van der Waals surface area contributed by atoms with E-state index >= 15 is 0 Å². The van der Waals surface area contributed by atoms with Gasteiger partial charge in [0.25, 0.3) is 0 Å². The molecule has 0 amide bonds. The number of aliphatic imine (C=N–C) groups is 1. The molecule has 0 radical (unpaired) electrons. The first-order valence-electron chi connectivity index (χ1n) is 19.5. The second-order valence-corrected chi connectivity index (χ2v) is 15.1. The van der Waals surface area contributed by atoms with Crippen molar-refractivity contribution < 1.29 is 25.8 Å². The van der Waals surface area contributed by atoms with E-state index in [1.165, 1.54) is 21.9 Å². The van der Waals surface area contributed by atoms with Crippen molar-refractivity contribution in [3.63, 3.8) is 0 Å². The van der Waals surface area contributed by atoms with Crippen molar-refractivity contribution in [3.05, 3.63) is 132 Å². The quantitative estimate of drug-likeness (QED) is 0.129. The molecule has 9 rings (SSSR count). The van der Waals surface area contributed by atoms with Gasteiger partial charge in [-0.25, -0.2) is 4.98 Å². The molecule has 0 bridgehead atoms. The predicted molar refractivity (Wildman–Crippen MR) is 222 cm³/mol. The van der Waals surface area contributed by atoms with Gasteiger partial charge in [0.15, 0.2) is 0 Å². The Kier molecular flexibility index (Phi) is 10.2. The molecule has 1 aliphatic rings. The summed E-state index contributed by atoms with van der Waals surface area (Å²) in [7, 11) is 0. The van der Waals surface area contributed by atoms with E-state index in [4.69, 9.17) is 19.7 Å². The van der Waals surface area contributed by atoms with E-state index < -0.39 is 0 Å². The van der Waals surface area contributed by atoms with Crippen LogP contribution < -0.4 is 0 Å². The minimum atomic E-state index is 0. The molecule has 55 heavy (non-hydrogen) atoms. The number of pyridine rings is 2. The number of hydrogen-bond donors (Lipinski definition) is 0. The number of aryl methyl sites for hydroxylation is 1. The van der Waals surface area contributed by atoms with Crippen LogP contribution in [0.3, 0.4) is 0 Å². The van der Waals surface area contributed by atoms with E-state index in [2.05, 4.69) is 129 Å². The number of benzene rings is 4. The predicted octanol–water partition coefficient (Wildman–Crippen LogP) is 11.7. The van der Waals surface area contributed by atoms with Crippen LogP contribution in [-0.2, 0) is 25.8 Å². The number of hydrogen-bond acceptors (Lipinski definition) is 4. The van der Waals surface area contributed by atoms with Crippen molar-refractivity contribution in [1.82, 2.24) is 19.1 Å². The molecule has 1 atom stereocenters. The fourth-order valence-electron chi connectivity index (χ4n) is 8.41. The van der Waals surface area contributed by atoms with Crippen LogP contribution in [0.2, 0.25) is 0 Å². The molecular weight excluding hydrogens is 858 g/mol. The third kappa shape index (κ3) is 6.59. The molecule has 278 valence electrons. The van der Waals surface area contributed by atoms with Crippen molar-refractivity contribution in [2.75, 3.05) is 6.61 Å². The second-order valence-electron chi connectivity index (χ2n) is 15.1. The van der Waals surface area contributed by atoms with Crippen molar-refractivity contribution in [3.8, 4) is 22.6 Å². The molecule has 8 aromatic rings. The van der Waals surface area contributed by atoms with Crippen molar-refractivity contribution >= 4 is 49.6 Å². The molecule has 6 nitrogen and oxygen atoms in total. The number of aromatic nitrogens is 4. The van der Waals surface area contributed by atoms with Gasteiger partial charge in [-0.1, -0.05) is 92.7 Å². The minimum Gasteiger partial charge on any atom is -0.518 e. The van der Waals surface area contributed by atoms with Crippen molar-refractivity contribution in [2.24, 2.45) is 10.9 Å². The van der Waals surface area contributed by atoms with E-state index in [1.54, 1.807) is 0 Å². The summed E-state index contributed by atoms with van der Waals surface area (Å²) in [6.07, 6.45) is 8.32. The summed E-state index contributed by atoms with van der Waals surface area (Å²) >= 11 is 0. The Morgan fingerprint density at radius 1 is 0.745 bits per heavy atom. The van der Waals surface area contributed by atoms with E-state index in [0.717, 1.165) is 86.8 Å².